The van der Waals surface area contributed by atoms with Crippen LogP contribution in [0.25, 0.3) is 0 Å². The normalized spacial score (nSPS) is 13.9. The van der Waals surface area contributed by atoms with Gasteiger partial charge in [-0.25, -0.2) is 0 Å². The van der Waals surface area contributed by atoms with Crippen LogP contribution < -0.4 is 5.32 Å². The Hall–Kier alpha value is -0.120. The molecule has 0 saturated carbocycles. The van der Waals surface area contributed by atoms with E-state index in [4.69, 9.17) is 18.7 Å². The van der Waals surface area contributed by atoms with Gasteiger partial charge in [-0.15, -0.1) is 0 Å². The third-order valence-corrected chi connectivity index (χ3v) is 3.81. The van der Waals surface area contributed by atoms with Crippen molar-refractivity contribution in [2.24, 2.45) is 0 Å². The van der Waals surface area contributed by atoms with Crippen molar-refractivity contribution in [1.29, 1.82) is 0 Å². The summed E-state index contributed by atoms with van der Waals surface area (Å²) in [5, 5.41) is 2.62. The number of rotatable bonds is 14. The van der Waals surface area contributed by atoms with Crippen LogP contribution in [0.3, 0.4) is 0 Å². The Morgan fingerprint density at radius 2 is 1.52 bits per heavy atom. The van der Waals surface area contributed by atoms with Crippen LogP contribution in [0, 0.1) is 0 Å². The van der Waals surface area contributed by atoms with Crippen LogP contribution >= 0.6 is 6.72 Å². The maximum atomic E-state index is 10.6. The Labute approximate surface area is 130 Å². The average molecular weight is 345 g/mol. The van der Waals surface area contributed by atoms with E-state index in [2.05, 4.69) is 21.6 Å². The Morgan fingerprint density at radius 1 is 1.05 bits per heavy atom. The predicted octanol–water partition coefficient (Wildman–Crippen LogP) is 0.0521. The summed E-state index contributed by atoms with van der Waals surface area (Å²) in [5.41, 5.74) is 0. The van der Waals surface area contributed by atoms with Crippen molar-refractivity contribution < 1.29 is 32.9 Å². The topological polar surface area (TPSA) is 95.5 Å². The molecule has 0 bridgehead atoms. The van der Waals surface area contributed by atoms with E-state index >= 15 is 0 Å². The molecule has 0 radical (unpaired) electrons. The van der Waals surface area contributed by atoms with E-state index < -0.39 is 6.72 Å². The molecule has 1 unspecified atom stereocenters. The molecule has 0 aliphatic carbocycles. The molecule has 8 nitrogen and oxygen atoms in total. The number of carbonyl (C=O) groups excluding carboxylic acids is 1. The maximum Gasteiger partial charge on any atom is 0.324 e. The third kappa shape index (κ3) is 16.1. The van der Waals surface area contributed by atoms with Gasteiger partial charge in [0.2, 0.25) is 5.91 Å². The van der Waals surface area contributed by atoms with Crippen LogP contribution in [0.15, 0.2) is 0 Å². The summed E-state index contributed by atoms with van der Waals surface area (Å²) < 4.78 is 25.2. The molecule has 126 valence electrons. The first-order valence-electron chi connectivity index (χ1n) is 6.48. The van der Waals surface area contributed by atoms with Crippen LogP contribution in [-0.2, 0) is 39.9 Å². The first-order valence-corrected chi connectivity index (χ1v) is 9.08. The van der Waals surface area contributed by atoms with Gasteiger partial charge in [0.05, 0.1) is 46.2 Å². The van der Waals surface area contributed by atoms with E-state index in [0.717, 1.165) is 0 Å². The highest BCUT2D eigenvalue weighted by Gasteiger charge is 2.10. The Balaban J connectivity index is 3.13. The van der Waals surface area contributed by atoms with E-state index in [1.807, 2.05) is 0 Å². The van der Waals surface area contributed by atoms with Crippen LogP contribution in [0.5, 0.6) is 0 Å². The summed E-state index contributed by atoms with van der Waals surface area (Å²) in [4.78, 5) is 19.8. The van der Waals surface area contributed by atoms with Crippen molar-refractivity contribution in [3.63, 3.8) is 0 Å². The first kappa shape index (κ1) is 20.9. The standard InChI is InChI=1S/C11H24NO7PS/c1-11(13)12-3-4-16-5-6-17-7-8-18-9-10-19-20(14,21)15-2/h3-10H2,1-2H3,(H,12,13)(H,14,21). The van der Waals surface area contributed by atoms with Crippen molar-refractivity contribution in [2.45, 2.75) is 6.92 Å². The minimum Gasteiger partial charge on any atom is -0.377 e. The molecule has 0 heterocycles. The molecule has 10 heteroatoms. The molecule has 0 aromatic carbocycles. The fraction of sp³-hybridized carbons (Fsp3) is 0.909. The zero-order chi connectivity index (χ0) is 16.0. The van der Waals surface area contributed by atoms with E-state index in [9.17, 15) is 9.69 Å². The average Bonchev–Trinajstić information content (AvgIpc) is 2.43. The maximum absolute atomic E-state index is 10.6. The zero-order valence-electron chi connectivity index (χ0n) is 12.4. The van der Waals surface area contributed by atoms with Gasteiger partial charge in [0.15, 0.2) is 0 Å². The molecule has 1 atom stereocenters. The summed E-state index contributed by atoms with van der Waals surface area (Å²) >= 11 is 4.64. The highest BCUT2D eigenvalue weighted by atomic mass is 32.5. The molecule has 0 aliphatic heterocycles. The molecule has 0 rings (SSSR count). The van der Waals surface area contributed by atoms with Crippen molar-refractivity contribution in [1.82, 2.24) is 5.32 Å². The summed E-state index contributed by atoms with van der Waals surface area (Å²) in [6.45, 7) is 1.59. The number of amides is 1. The zero-order valence-corrected chi connectivity index (χ0v) is 14.1. The van der Waals surface area contributed by atoms with Gasteiger partial charge in [-0.3, -0.25) is 4.79 Å². The molecule has 0 aliphatic rings. The fourth-order valence-electron chi connectivity index (χ4n) is 1.11. The van der Waals surface area contributed by atoms with E-state index in [1.54, 1.807) is 0 Å². The second-order valence-electron chi connectivity index (χ2n) is 3.80. The lowest BCUT2D eigenvalue weighted by atomic mass is 10.6. The Kier molecular flexibility index (Phi) is 13.5. The largest absolute Gasteiger partial charge is 0.377 e. The predicted molar refractivity (Wildman–Crippen MR) is 80.6 cm³/mol. The summed E-state index contributed by atoms with van der Waals surface area (Å²) in [6, 6.07) is 0. The third-order valence-electron chi connectivity index (χ3n) is 2.08. The smallest absolute Gasteiger partial charge is 0.324 e. The van der Waals surface area contributed by atoms with Crippen LogP contribution in [0.1, 0.15) is 6.92 Å². The molecule has 1 amide bonds. The molecule has 2 N–H and O–H groups in total. The van der Waals surface area contributed by atoms with Gasteiger partial charge in [-0.1, -0.05) is 0 Å². The van der Waals surface area contributed by atoms with Crippen molar-refractivity contribution in [3.05, 3.63) is 0 Å². The monoisotopic (exact) mass is 345 g/mol. The molecular weight excluding hydrogens is 321 g/mol. The Morgan fingerprint density at radius 3 is 2.00 bits per heavy atom. The van der Waals surface area contributed by atoms with Gasteiger partial charge >= 0.3 is 6.72 Å². The minimum absolute atomic E-state index is 0.0712. The molecule has 0 fully saturated rings. The van der Waals surface area contributed by atoms with Gasteiger partial charge in [0.1, 0.15) is 0 Å². The molecular formula is C11H24NO7PS. The van der Waals surface area contributed by atoms with Crippen molar-refractivity contribution in [3.8, 4) is 0 Å². The number of hydrogen-bond donors (Lipinski definition) is 2. The van der Waals surface area contributed by atoms with Gasteiger partial charge < -0.3 is 33.5 Å². The highest BCUT2D eigenvalue weighted by Crippen LogP contribution is 2.41. The van der Waals surface area contributed by atoms with Crippen molar-refractivity contribution >= 4 is 24.4 Å². The van der Waals surface area contributed by atoms with Gasteiger partial charge in [-0.05, 0) is 11.8 Å². The van der Waals surface area contributed by atoms with Gasteiger partial charge in [0, 0.05) is 20.6 Å². The Bertz CT molecular complexity index is 319. The van der Waals surface area contributed by atoms with Crippen LogP contribution in [0.4, 0.5) is 0 Å². The first-order chi connectivity index (χ1) is 9.98. The lowest BCUT2D eigenvalue weighted by Crippen LogP contribution is -2.25. The summed E-state index contributed by atoms with van der Waals surface area (Å²) in [6.07, 6.45) is 0. The number of carbonyl (C=O) groups is 1. The van der Waals surface area contributed by atoms with E-state index in [-0.39, 0.29) is 12.5 Å². The van der Waals surface area contributed by atoms with Crippen LogP contribution in [0.2, 0.25) is 0 Å². The van der Waals surface area contributed by atoms with Gasteiger partial charge in [-0.2, -0.15) is 0 Å². The minimum atomic E-state index is -3.08. The number of nitrogens with one attached hydrogen (secondary N) is 1. The van der Waals surface area contributed by atoms with Gasteiger partial charge in [0.25, 0.3) is 0 Å². The van der Waals surface area contributed by atoms with E-state index in [0.29, 0.717) is 46.2 Å². The van der Waals surface area contributed by atoms with Crippen LogP contribution in [-0.4, -0.2) is 70.7 Å². The molecule has 0 spiro atoms. The second kappa shape index (κ2) is 13.5. The second-order valence-corrected chi connectivity index (χ2v) is 6.75. The lowest BCUT2D eigenvalue weighted by Gasteiger charge is -2.12. The summed E-state index contributed by atoms with van der Waals surface area (Å²) in [7, 11) is 1.30. The molecule has 21 heavy (non-hydrogen) atoms. The quantitative estimate of drug-likeness (QED) is 0.337. The number of ether oxygens (including phenoxy) is 3. The highest BCUT2D eigenvalue weighted by molar-refractivity contribution is 8.07. The fourth-order valence-corrected chi connectivity index (χ4v) is 1.74. The molecule has 0 saturated heterocycles. The lowest BCUT2D eigenvalue weighted by molar-refractivity contribution is -0.119. The molecule has 0 aromatic rings. The van der Waals surface area contributed by atoms with E-state index in [1.165, 1.54) is 14.0 Å². The molecule has 0 aromatic heterocycles. The summed E-state index contributed by atoms with van der Waals surface area (Å²) in [5.74, 6) is -0.0712. The van der Waals surface area contributed by atoms with Crippen molar-refractivity contribution in [2.75, 3.05) is 59.9 Å². The SMILES string of the molecule is COP(O)(=S)OCCOCCOCCOCCNC(C)=O. The number of hydrogen-bond acceptors (Lipinski definition) is 7.